The molecule has 4 heteroatoms. The van der Waals surface area contributed by atoms with Gasteiger partial charge in [-0.1, -0.05) is 24.3 Å². The summed E-state index contributed by atoms with van der Waals surface area (Å²) in [5.41, 5.74) is 4.16. The highest BCUT2D eigenvalue weighted by atomic mass is 16.1. The van der Waals surface area contributed by atoms with Gasteiger partial charge in [0.2, 0.25) is 0 Å². The van der Waals surface area contributed by atoms with E-state index in [9.17, 15) is 4.79 Å². The molecule has 0 aliphatic carbocycles. The zero-order chi connectivity index (χ0) is 14.7. The molecule has 1 aliphatic heterocycles. The number of hydrogen-bond acceptors (Lipinski definition) is 3. The summed E-state index contributed by atoms with van der Waals surface area (Å²) >= 11 is 0. The zero-order valence-electron chi connectivity index (χ0n) is 12.1. The van der Waals surface area contributed by atoms with Crippen molar-refractivity contribution >= 4 is 5.91 Å². The molecule has 0 fully saturated rings. The van der Waals surface area contributed by atoms with Gasteiger partial charge in [-0.2, -0.15) is 0 Å². The zero-order valence-corrected chi connectivity index (χ0v) is 12.1. The molecule has 21 heavy (non-hydrogen) atoms. The summed E-state index contributed by atoms with van der Waals surface area (Å²) in [4.78, 5) is 16.3. The van der Waals surface area contributed by atoms with Crippen LogP contribution in [0.3, 0.4) is 0 Å². The Labute approximate surface area is 124 Å². The molecular formula is C17H19N3O. The molecule has 1 aliphatic rings. The van der Waals surface area contributed by atoms with E-state index in [0.717, 1.165) is 18.7 Å². The number of nitrogens with one attached hydrogen (secondary N) is 2. The number of carbonyl (C=O) groups is 1. The Morgan fingerprint density at radius 3 is 3.00 bits per heavy atom. The van der Waals surface area contributed by atoms with Crippen LogP contribution in [0, 0.1) is 6.92 Å². The standard InChI is InChI=1S/C17H19N3O/c1-12-6-7-14(10-19-12)17(21)20-11-16-15-5-3-2-4-13(15)8-9-18-16/h2-7,10,16,18H,8-9,11H2,1H3,(H,20,21). The third-order valence-corrected chi connectivity index (χ3v) is 3.86. The van der Waals surface area contributed by atoms with Gasteiger partial charge in [0.15, 0.2) is 0 Å². The summed E-state index contributed by atoms with van der Waals surface area (Å²) in [7, 11) is 0. The molecule has 2 heterocycles. The van der Waals surface area contributed by atoms with Crippen LogP contribution in [-0.2, 0) is 6.42 Å². The molecule has 1 amide bonds. The number of pyridine rings is 1. The van der Waals surface area contributed by atoms with Crippen LogP contribution in [0.25, 0.3) is 0 Å². The molecule has 0 spiro atoms. The fraction of sp³-hybridized carbons (Fsp3) is 0.294. The first-order valence-corrected chi connectivity index (χ1v) is 7.26. The van der Waals surface area contributed by atoms with E-state index in [-0.39, 0.29) is 11.9 Å². The van der Waals surface area contributed by atoms with Crippen molar-refractivity contribution in [1.29, 1.82) is 0 Å². The molecule has 108 valence electrons. The lowest BCUT2D eigenvalue weighted by Crippen LogP contribution is -2.38. The number of rotatable bonds is 3. The number of aromatic nitrogens is 1. The van der Waals surface area contributed by atoms with Crippen molar-refractivity contribution in [2.45, 2.75) is 19.4 Å². The first-order valence-electron chi connectivity index (χ1n) is 7.26. The number of amides is 1. The molecule has 0 saturated carbocycles. The lowest BCUT2D eigenvalue weighted by atomic mass is 9.94. The molecular weight excluding hydrogens is 262 g/mol. The van der Waals surface area contributed by atoms with Crippen LogP contribution in [-0.4, -0.2) is 24.0 Å². The van der Waals surface area contributed by atoms with Gasteiger partial charge in [0.1, 0.15) is 0 Å². The number of carbonyl (C=O) groups excluding carboxylic acids is 1. The quantitative estimate of drug-likeness (QED) is 0.905. The van der Waals surface area contributed by atoms with Crippen LogP contribution in [0.1, 0.15) is 33.2 Å². The number of benzene rings is 1. The fourth-order valence-electron chi connectivity index (χ4n) is 2.67. The maximum Gasteiger partial charge on any atom is 0.252 e. The Hall–Kier alpha value is -2.20. The summed E-state index contributed by atoms with van der Waals surface area (Å²) in [5.74, 6) is -0.0765. The van der Waals surface area contributed by atoms with E-state index in [2.05, 4.69) is 33.8 Å². The second-order valence-corrected chi connectivity index (χ2v) is 5.35. The highest BCUT2D eigenvalue weighted by Gasteiger charge is 2.19. The topological polar surface area (TPSA) is 54.0 Å². The first kappa shape index (κ1) is 13.8. The van der Waals surface area contributed by atoms with E-state index in [1.807, 2.05) is 19.1 Å². The van der Waals surface area contributed by atoms with Crippen LogP contribution in [0.5, 0.6) is 0 Å². The number of nitrogens with zero attached hydrogens (tertiary/aromatic N) is 1. The highest BCUT2D eigenvalue weighted by Crippen LogP contribution is 2.21. The summed E-state index contributed by atoms with van der Waals surface area (Å²) < 4.78 is 0. The molecule has 4 nitrogen and oxygen atoms in total. The average Bonchev–Trinajstić information content (AvgIpc) is 2.53. The van der Waals surface area contributed by atoms with Crippen LogP contribution in [0.4, 0.5) is 0 Å². The van der Waals surface area contributed by atoms with Gasteiger partial charge in [-0.05, 0) is 43.1 Å². The maximum absolute atomic E-state index is 12.1. The van der Waals surface area contributed by atoms with Gasteiger partial charge < -0.3 is 10.6 Å². The Morgan fingerprint density at radius 1 is 1.33 bits per heavy atom. The van der Waals surface area contributed by atoms with Crippen LogP contribution >= 0.6 is 0 Å². The van der Waals surface area contributed by atoms with Crippen molar-refractivity contribution in [3.63, 3.8) is 0 Å². The van der Waals surface area contributed by atoms with Crippen molar-refractivity contribution in [3.8, 4) is 0 Å². The average molecular weight is 281 g/mol. The van der Waals surface area contributed by atoms with Gasteiger partial charge in [-0.15, -0.1) is 0 Å². The molecule has 2 N–H and O–H groups in total. The van der Waals surface area contributed by atoms with Gasteiger partial charge in [-0.3, -0.25) is 9.78 Å². The van der Waals surface area contributed by atoms with Crippen molar-refractivity contribution in [3.05, 3.63) is 65.0 Å². The van der Waals surface area contributed by atoms with E-state index in [0.29, 0.717) is 12.1 Å². The predicted octanol–water partition coefficient (Wildman–Crippen LogP) is 2.01. The maximum atomic E-state index is 12.1. The van der Waals surface area contributed by atoms with E-state index >= 15 is 0 Å². The van der Waals surface area contributed by atoms with E-state index in [1.165, 1.54) is 11.1 Å². The predicted molar refractivity (Wildman–Crippen MR) is 82.2 cm³/mol. The smallest absolute Gasteiger partial charge is 0.252 e. The minimum Gasteiger partial charge on any atom is -0.350 e. The third kappa shape index (κ3) is 3.11. The Kier molecular flexibility index (Phi) is 3.97. The SMILES string of the molecule is Cc1ccc(C(=O)NCC2NCCc3ccccc32)cn1. The van der Waals surface area contributed by atoms with E-state index in [4.69, 9.17) is 0 Å². The summed E-state index contributed by atoms with van der Waals surface area (Å²) in [6, 6.07) is 12.2. The van der Waals surface area contributed by atoms with E-state index in [1.54, 1.807) is 12.3 Å². The molecule has 1 aromatic carbocycles. The minimum atomic E-state index is -0.0765. The second kappa shape index (κ2) is 6.06. The molecule has 1 aromatic heterocycles. The number of aryl methyl sites for hydroxylation is 1. The van der Waals surface area contributed by atoms with E-state index < -0.39 is 0 Å². The molecule has 3 rings (SSSR count). The Morgan fingerprint density at radius 2 is 2.19 bits per heavy atom. The van der Waals surface area contributed by atoms with Crippen molar-refractivity contribution < 1.29 is 4.79 Å². The number of fused-ring (bicyclic) bond motifs is 1. The third-order valence-electron chi connectivity index (χ3n) is 3.86. The molecule has 2 aromatic rings. The second-order valence-electron chi connectivity index (χ2n) is 5.35. The van der Waals surface area contributed by atoms with Gasteiger partial charge >= 0.3 is 0 Å². The fourth-order valence-corrected chi connectivity index (χ4v) is 2.67. The summed E-state index contributed by atoms with van der Waals surface area (Å²) in [6.45, 7) is 3.44. The van der Waals surface area contributed by atoms with Crippen LogP contribution in [0.15, 0.2) is 42.6 Å². The highest BCUT2D eigenvalue weighted by molar-refractivity contribution is 5.93. The van der Waals surface area contributed by atoms with Crippen LogP contribution in [0.2, 0.25) is 0 Å². The molecule has 0 bridgehead atoms. The normalized spacial score (nSPS) is 17.1. The van der Waals surface area contributed by atoms with Crippen molar-refractivity contribution in [2.75, 3.05) is 13.1 Å². The first-order chi connectivity index (χ1) is 10.2. The summed E-state index contributed by atoms with van der Waals surface area (Å²) in [5, 5.41) is 6.45. The summed E-state index contributed by atoms with van der Waals surface area (Å²) in [6.07, 6.45) is 2.66. The van der Waals surface area contributed by atoms with Gasteiger partial charge in [-0.25, -0.2) is 0 Å². The lowest BCUT2D eigenvalue weighted by Gasteiger charge is -2.27. The number of hydrogen-bond donors (Lipinski definition) is 2. The Balaban J connectivity index is 1.66. The molecule has 1 atom stereocenters. The lowest BCUT2D eigenvalue weighted by molar-refractivity contribution is 0.0948. The minimum absolute atomic E-state index is 0.0765. The van der Waals surface area contributed by atoms with Crippen LogP contribution < -0.4 is 10.6 Å². The van der Waals surface area contributed by atoms with Crippen molar-refractivity contribution in [2.24, 2.45) is 0 Å². The van der Waals surface area contributed by atoms with Gasteiger partial charge in [0.25, 0.3) is 5.91 Å². The van der Waals surface area contributed by atoms with Gasteiger partial charge in [0.05, 0.1) is 5.56 Å². The molecule has 0 radical (unpaired) electrons. The molecule has 0 saturated heterocycles. The van der Waals surface area contributed by atoms with Crippen molar-refractivity contribution in [1.82, 2.24) is 15.6 Å². The van der Waals surface area contributed by atoms with Gasteiger partial charge in [0, 0.05) is 24.5 Å². The Bertz CT molecular complexity index is 637. The molecule has 1 unspecified atom stereocenters. The monoisotopic (exact) mass is 281 g/mol. The largest absolute Gasteiger partial charge is 0.350 e.